The summed E-state index contributed by atoms with van der Waals surface area (Å²) < 4.78 is 15.9. The number of ether oxygens (including phenoxy) is 3. The lowest BCUT2D eigenvalue weighted by Crippen LogP contribution is -2.35. The van der Waals surface area contributed by atoms with Crippen molar-refractivity contribution in [3.63, 3.8) is 0 Å². The van der Waals surface area contributed by atoms with Crippen molar-refractivity contribution in [3.8, 4) is 17.2 Å². The minimum absolute atomic E-state index is 0.00876. The van der Waals surface area contributed by atoms with Crippen LogP contribution in [0.25, 0.3) is 0 Å². The molecule has 0 aliphatic carbocycles. The van der Waals surface area contributed by atoms with Crippen molar-refractivity contribution in [2.45, 2.75) is 12.5 Å². The Labute approximate surface area is 135 Å². The number of fused-ring (bicyclic) bond motifs is 1. The van der Waals surface area contributed by atoms with Crippen LogP contribution in [0.4, 0.5) is 0 Å². The van der Waals surface area contributed by atoms with Gasteiger partial charge in [0.1, 0.15) is 5.75 Å². The first-order valence-corrected chi connectivity index (χ1v) is 7.34. The highest BCUT2D eigenvalue weighted by atomic mass is 16.5. The van der Waals surface area contributed by atoms with Gasteiger partial charge >= 0.3 is 0 Å². The van der Waals surface area contributed by atoms with Crippen LogP contribution in [-0.4, -0.2) is 27.2 Å². The largest absolute Gasteiger partial charge is 0.497 e. The van der Waals surface area contributed by atoms with E-state index >= 15 is 0 Å². The lowest BCUT2D eigenvalue weighted by Gasteiger charge is -2.28. The predicted molar refractivity (Wildman–Crippen MR) is 86.2 cm³/mol. The zero-order valence-electron chi connectivity index (χ0n) is 13.4. The molecule has 5 nitrogen and oxygen atoms in total. The molecule has 1 aliphatic heterocycles. The predicted octanol–water partition coefficient (Wildman–Crippen LogP) is 2.47. The molecule has 1 amide bonds. The Morgan fingerprint density at radius 1 is 0.957 bits per heavy atom. The van der Waals surface area contributed by atoms with Gasteiger partial charge < -0.3 is 19.5 Å². The molecule has 1 aliphatic rings. The van der Waals surface area contributed by atoms with Crippen molar-refractivity contribution in [2.24, 2.45) is 0 Å². The van der Waals surface area contributed by atoms with Crippen LogP contribution < -0.4 is 19.5 Å². The molecule has 2 aromatic carbocycles. The first kappa shape index (κ1) is 15.2. The van der Waals surface area contributed by atoms with E-state index in [-0.39, 0.29) is 11.9 Å². The molecule has 0 radical (unpaired) electrons. The fourth-order valence-electron chi connectivity index (χ4n) is 2.88. The third-order valence-corrected chi connectivity index (χ3v) is 4.06. The van der Waals surface area contributed by atoms with E-state index in [0.717, 1.165) is 22.4 Å². The SMILES string of the molecule is COc1ccc([C@@H]2NC(=O)Cc3cc(OC)c(OC)cc32)cc1. The lowest BCUT2D eigenvalue weighted by atomic mass is 9.89. The number of nitrogens with one attached hydrogen (secondary N) is 1. The lowest BCUT2D eigenvalue weighted by molar-refractivity contribution is -0.121. The summed E-state index contributed by atoms with van der Waals surface area (Å²) in [5.41, 5.74) is 2.96. The minimum Gasteiger partial charge on any atom is -0.497 e. The topological polar surface area (TPSA) is 56.8 Å². The van der Waals surface area contributed by atoms with Gasteiger partial charge in [0.25, 0.3) is 0 Å². The van der Waals surface area contributed by atoms with Crippen molar-refractivity contribution in [3.05, 3.63) is 53.1 Å². The molecule has 0 saturated carbocycles. The standard InChI is InChI=1S/C18H19NO4/c1-21-13-6-4-11(5-7-13)18-14-10-16(23-3)15(22-2)8-12(14)9-17(20)19-18/h4-8,10,18H,9H2,1-3H3,(H,19,20)/t18-/m0/s1. The van der Waals surface area contributed by atoms with E-state index in [1.165, 1.54) is 0 Å². The highest BCUT2D eigenvalue weighted by molar-refractivity contribution is 5.82. The number of hydrogen-bond donors (Lipinski definition) is 1. The summed E-state index contributed by atoms with van der Waals surface area (Å²) >= 11 is 0. The zero-order chi connectivity index (χ0) is 16.4. The molecule has 0 unspecified atom stereocenters. The molecular formula is C18H19NO4. The Morgan fingerprint density at radius 2 is 1.61 bits per heavy atom. The van der Waals surface area contributed by atoms with Crippen LogP contribution in [0.15, 0.2) is 36.4 Å². The third-order valence-electron chi connectivity index (χ3n) is 4.06. The summed E-state index contributed by atoms with van der Waals surface area (Å²) in [5, 5.41) is 3.04. The number of carbonyl (C=O) groups is 1. The van der Waals surface area contributed by atoms with E-state index in [4.69, 9.17) is 14.2 Å². The van der Waals surface area contributed by atoms with Gasteiger partial charge in [0.15, 0.2) is 11.5 Å². The van der Waals surface area contributed by atoms with Gasteiger partial charge in [-0.25, -0.2) is 0 Å². The van der Waals surface area contributed by atoms with E-state index in [1.807, 2.05) is 36.4 Å². The van der Waals surface area contributed by atoms with E-state index in [9.17, 15) is 4.79 Å². The monoisotopic (exact) mass is 313 g/mol. The third kappa shape index (κ3) is 2.82. The summed E-state index contributed by atoms with van der Waals surface area (Å²) in [5.74, 6) is 2.06. The van der Waals surface area contributed by atoms with Gasteiger partial charge in [-0.15, -0.1) is 0 Å². The van der Waals surface area contributed by atoms with Crippen molar-refractivity contribution < 1.29 is 19.0 Å². The number of carbonyl (C=O) groups excluding carboxylic acids is 1. The van der Waals surface area contributed by atoms with Crippen LogP contribution in [0.1, 0.15) is 22.7 Å². The fourth-order valence-corrected chi connectivity index (χ4v) is 2.88. The highest BCUT2D eigenvalue weighted by Gasteiger charge is 2.27. The van der Waals surface area contributed by atoms with Crippen LogP contribution in [0.2, 0.25) is 0 Å². The Kier molecular flexibility index (Phi) is 4.10. The fraction of sp³-hybridized carbons (Fsp3) is 0.278. The van der Waals surface area contributed by atoms with Gasteiger partial charge in [0, 0.05) is 0 Å². The van der Waals surface area contributed by atoms with E-state index in [1.54, 1.807) is 21.3 Å². The maximum atomic E-state index is 12.1. The van der Waals surface area contributed by atoms with Gasteiger partial charge in [-0.2, -0.15) is 0 Å². The normalized spacial score (nSPS) is 16.3. The second-order valence-corrected chi connectivity index (χ2v) is 5.36. The molecular weight excluding hydrogens is 294 g/mol. The number of benzene rings is 2. The van der Waals surface area contributed by atoms with Crippen LogP contribution in [0, 0.1) is 0 Å². The first-order chi connectivity index (χ1) is 11.2. The second kappa shape index (κ2) is 6.20. The van der Waals surface area contributed by atoms with Crippen LogP contribution in [-0.2, 0) is 11.2 Å². The average Bonchev–Trinajstić information content (AvgIpc) is 2.59. The summed E-state index contributed by atoms with van der Waals surface area (Å²) in [6.45, 7) is 0. The van der Waals surface area contributed by atoms with Crippen molar-refractivity contribution in [1.82, 2.24) is 5.32 Å². The Bertz CT molecular complexity index is 725. The smallest absolute Gasteiger partial charge is 0.225 e. The Hall–Kier alpha value is -2.69. The summed E-state index contributed by atoms with van der Waals surface area (Å²) in [6, 6.07) is 11.3. The quantitative estimate of drug-likeness (QED) is 0.942. The zero-order valence-corrected chi connectivity index (χ0v) is 13.4. The number of rotatable bonds is 4. The summed E-state index contributed by atoms with van der Waals surface area (Å²) in [6.07, 6.45) is 0.336. The minimum atomic E-state index is -0.211. The van der Waals surface area contributed by atoms with Gasteiger partial charge in [-0.1, -0.05) is 12.1 Å². The molecule has 1 atom stereocenters. The van der Waals surface area contributed by atoms with Crippen molar-refractivity contribution in [2.75, 3.05) is 21.3 Å². The van der Waals surface area contributed by atoms with Crippen LogP contribution in [0.5, 0.6) is 17.2 Å². The van der Waals surface area contributed by atoms with E-state index < -0.39 is 0 Å². The number of methoxy groups -OCH3 is 3. The van der Waals surface area contributed by atoms with Gasteiger partial charge in [0.2, 0.25) is 5.91 Å². The maximum Gasteiger partial charge on any atom is 0.225 e. The molecule has 2 aromatic rings. The van der Waals surface area contributed by atoms with Crippen LogP contribution >= 0.6 is 0 Å². The van der Waals surface area contributed by atoms with E-state index in [2.05, 4.69) is 5.32 Å². The molecule has 3 rings (SSSR count). The number of amides is 1. The first-order valence-electron chi connectivity index (χ1n) is 7.34. The summed E-state index contributed by atoms with van der Waals surface area (Å²) in [7, 11) is 4.83. The average molecular weight is 313 g/mol. The Balaban J connectivity index is 2.07. The molecule has 0 bridgehead atoms. The van der Waals surface area contributed by atoms with Gasteiger partial charge in [-0.3, -0.25) is 4.79 Å². The summed E-state index contributed by atoms with van der Waals surface area (Å²) in [4.78, 5) is 12.1. The highest BCUT2D eigenvalue weighted by Crippen LogP contribution is 2.37. The van der Waals surface area contributed by atoms with Crippen LogP contribution in [0.3, 0.4) is 0 Å². The molecule has 0 aromatic heterocycles. The molecule has 1 N–H and O–H groups in total. The van der Waals surface area contributed by atoms with Crippen molar-refractivity contribution in [1.29, 1.82) is 0 Å². The molecule has 0 spiro atoms. The van der Waals surface area contributed by atoms with E-state index in [0.29, 0.717) is 17.9 Å². The van der Waals surface area contributed by atoms with Gasteiger partial charge in [-0.05, 0) is 41.0 Å². The molecule has 5 heteroatoms. The van der Waals surface area contributed by atoms with Crippen molar-refractivity contribution >= 4 is 5.91 Å². The molecule has 0 fully saturated rings. The molecule has 0 saturated heterocycles. The molecule has 1 heterocycles. The maximum absolute atomic E-state index is 12.1. The Morgan fingerprint density at radius 3 is 2.22 bits per heavy atom. The second-order valence-electron chi connectivity index (χ2n) is 5.36. The van der Waals surface area contributed by atoms with Gasteiger partial charge in [0.05, 0.1) is 33.8 Å². The number of hydrogen-bond acceptors (Lipinski definition) is 4. The molecule has 120 valence electrons. The molecule has 23 heavy (non-hydrogen) atoms.